The first kappa shape index (κ1) is 15.8. The summed E-state index contributed by atoms with van der Waals surface area (Å²) in [5.41, 5.74) is 1.13. The van der Waals surface area contributed by atoms with Gasteiger partial charge >= 0.3 is 0 Å². The van der Waals surface area contributed by atoms with Crippen molar-refractivity contribution in [2.75, 3.05) is 6.61 Å². The zero-order valence-corrected chi connectivity index (χ0v) is 14.4. The second-order valence-corrected chi connectivity index (χ2v) is 8.99. The van der Waals surface area contributed by atoms with Gasteiger partial charge in [-0.15, -0.1) is 0 Å². The fourth-order valence-corrected chi connectivity index (χ4v) is 7.10. The highest BCUT2D eigenvalue weighted by atomic mass is 16.3. The van der Waals surface area contributed by atoms with Crippen LogP contribution in [-0.2, 0) is 4.79 Å². The van der Waals surface area contributed by atoms with Gasteiger partial charge < -0.3 is 10.2 Å². The van der Waals surface area contributed by atoms with Crippen molar-refractivity contribution in [1.82, 2.24) is 0 Å². The van der Waals surface area contributed by atoms with Crippen molar-refractivity contribution in [3.05, 3.63) is 11.6 Å². The molecule has 7 atom stereocenters. The maximum atomic E-state index is 12.0. The Balaban J connectivity index is 1.75. The molecule has 128 valence electrons. The zero-order valence-electron chi connectivity index (χ0n) is 14.4. The van der Waals surface area contributed by atoms with E-state index in [4.69, 9.17) is 0 Å². The van der Waals surface area contributed by atoms with Crippen molar-refractivity contribution in [3.63, 3.8) is 0 Å². The molecule has 0 aromatic rings. The average Bonchev–Trinajstić information content (AvgIpc) is 2.82. The van der Waals surface area contributed by atoms with Crippen molar-refractivity contribution >= 4 is 5.78 Å². The third kappa shape index (κ3) is 1.93. The van der Waals surface area contributed by atoms with E-state index in [0.717, 1.165) is 38.5 Å². The van der Waals surface area contributed by atoms with Crippen LogP contribution in [0.3, 0.4) is 0 Å². The number of hydrogen-bond acceptors (Lipinski definition) is 3. The third-order valence-electron chi connectivity index (χ3n) is 8.38. The highest BCUT2D eigenvalue weighted by Gasteiger charge is 2.61. The standard InChI is InChI=1S/C20H30O3/c1-12-9-14(22)10-13-3-4-15-16-5-6-18(23)19(16,2)8-7-17(15)20(12,13)11-21/h10,12,15-18,21,23H,3-9,11H2,1-2H3/t12?,15-,16-,17+,18?,19-,20-/m0/s1. The van der Waals surface area contributed by atoms with Gasteiger partial charge in [0.05, 0.1) is 12.7 Å². The second-order valence-electron chi connectivity index (χ2n) is 8.99. The number of aliphatic hydroxyl groups excluding tert-OH is 2. The monoisotopic (exact) mass is 318 g/mol. The minimum atomic E-state index is -0.175. The summed E-state index contributed by atoms with van der Waals surface area (Å²) < 4.78 is 0. The molecule has 4 aliphatic rings. The Hall–Kier alpha value is -0.670. The Kier molecular flexibility index (Phi) is 3.55. The molecule has 0 spiro atoms. The van der Waals surface area contributed by atoms with Gasteiger partial charge in [0.25, 0.3) is 0 Å². The van der Waals surface area contributed by atoms with Gasteiger partial charge in [0.2, 0.25) is 0 Å². The van der Waals surface area contributed by atoms with Crippen molar-refractivity contribution in [1.29, 1.82) is 0 Å². The molecule has 0 aliphatic heterocycles. The highest BCUT2D eigenvalue weighted by molar-refractivity contribution is 5.92. The molecule has 23 heavy (non-hydrogen) atoms. The van der Waals surface area contributed by atoms with Gasteiger partial charge in [0.15, 0.2) is 5.78 Å². The summed E-state index contributed by atoms with van der Waals surface area (Å²) in [7, 11) is 0. The minimum Gasteiger partial charge on any atom is -0.395 e. The van der Waals surface area contributed by atoms with Crippen LogP contribution < -0.4 is 0 Å². The van der Waals surface area contributed by atoms with E-state index in [2.05, 4.69) is 13.8 Å². The van der Waals surface area contributed by atoms with Crippen LogP contribution >= 0.6 is 0 Å². The van der Waals surface area contributed by atoms with Crippen LogP contribution in [0.25, 0.3) is 0 Å². The van der Waals surface area contributed by atoms with E-state index >= 15 is 0 Å². The first-order valence-electron chi connectivity index (χ1n) is 9.46. The number of carbonyl (C=O) groups is 1. The normalized spacial score (nSPS) is 52.4. The number of carbonyl (C=O) groups excluding carboxylic acids is 1. The molecular formula is C20H30O3. The first-order chi connectivity index (χ1) is 10.9. The Morgan fingerprint density at radius 2 is 2.00 bits per heavy atom. The van der Waals surface area contributed by atoms with Crippen LogP contribution in [0.4, 0.5) is 0 Å². The van der Waals surface area contributed by atoms with E-state index in [0.29, 0.717) is 24.2 Å². The summed E-state index contributed by atoms with van der Waals surface area (Å²) in [6, 6.07) is 0. The fraction of sp³-hybridized carbons (Fsp3) is 0.850. The highest BCUT2D eigenvalue weighted by Crippen LogP contribution is 2.66. The molecule has 3 nitrogen and oxygen atoms in total. The van der Waals surface area contributed by atoms with Gasteiger partial charge in [0, 0.05) is 11.8 Å². The molecule has 0 bridgehead atoms. The quantitative estimate of drug-likeness (QED) is 0.781. The Bertz CT molecular complexity index is 553. The lowest BCUT2D eigenvalue weighted by molar-refractivity contribution is -0.126. The van der Waals surface area contributed by atoms with E-state index in [1.807, 2.05) is 6.08 Å². The largest absolute Gasteiger partial charge is 0.395 e. The molecular weight excluding hydrogens is 288 g/mol. The molecule has 2 N–H and O–H groups in total. The number of fused-ring (bicyclic) bond motifs is 5. The zero-order chi connectivity index (χ0) is 16.4. The lowest BCUT2D eigenvalue weighted by Crippen LogP contribution is -2.56. The van der Waals surface area contributed by atoms with Gasteiger partial charge in [-0.05, 0) is 73.7 Å². The van der Waals surface area contributed by atoms with Crippen LogP contribution in [0.1, 0.15) is 58.8 Å². The molecule has 4 rings (SSSR count). The third-order valence-corrected chi connectivity index (χ3v) is 8.38. The van der Waals surface area contributed by atoms with Crippen molar-refractivity contribution in [2.24, 2.45) is 34.5 Å². The topological polar surface area (TPSA) is 57.5 Å². The molecule has 0 saturated heterocycles. The van der Waals surface area contributed by atoms with Crippen molar-refractivity contribution < 1.29 is 15.0 Å². The molecule has 0 aromatic carbocycles. The van der Waals surface area contributed by atoms with E-state index in [1.165, 1.54) is 5.57 Å². The molecule has 3 fully saturated rings. The molecule has 0 radical (unpaired) electrons. The van der Waals surface area contributed by atoms with Gasteiger partial charge in [-0.25, -0.2) is 0 Å². The number of ketones is 1. The van der Waals surface area contributed by atoms with E-state index < -0.39 is 0 Å². The van der Waals surface area contributed by atoms with Crippen LogP contribution in [0.15, 0.2) is 11.6 Å². The summed E-state index contributed by atoms with van der Waals surface area (Å²) in [5, 5.41) is 20.9. The van der Waals surface area contributed by atoms with Gasteiger partial charge in [-0.3, -0.25) is 4.79 Å². The number of rotatable bonds is 1. The summed E-state index contributed by atoms with van der Waals surface area (Å²) in [6.45, 7) is 4.64. The van der Waals surface area contributed by atoms with Crippen LogP contribution in [-0.4, -0.2) is 28.7 Å². The molecule has 3 saturated carbocycles. The summed E-state index contributed by atoms with van der Waals surface area (Å²) in [4.78, 5) is 12.0. The van der Waals surface area contributed by atoms with Gasteiger partial charge in [0.1, 0.15) is 0 Å². The van der Waals surface area contributed by atoms with E-state index in [9.17, 15) is 15.0 Å². The predicted octanol–water partition coefficient (Wildman–Crippen LogP) is 3.10. The maximum Gasteiger partial charge on any atom is 0.155 e. The molecule has 2 unspecified atom stereocenters. The lowest BCUT2D eigenvalue weighted by atomic mass is 9.45. The first-order valence-corrected chi connectivity index (χ1v) is 9.46. The molecule has 0 amide bonds. The van der Waals surface area contributed by atoms with Crippen LogP contribution in [0, 0.1) is 34.5 Å². The van der Waals surface area contributed by atoms with Crippen LogP contribution in [0.2, 0.25) is 0 Å². The molecule has 0 aromatic heterocycles. The fourth-order valence-electron chi connectivity index (χ4n) is 7.10. The van der Waals surface area contributed by atoms with E-state index in [1.54, 1.807) is 0 Å². The van der Waals surface area contributed by atoms with Gasteiger partial charge in [-0.2, -0.15) is 0 Å². The van der Waals surface area contributed by atoms with Crippen molar-refractivity contribution in [2.45, 2.75) is 64.9 Å². The maximum absolute atomic E-state index is 12.0. The van der Waals surface area contributed by atoms with Gasteiger partial charge in [-0.1, -0.05) is 19.4 Å². The molecule has 4 aliphatic carbocycles. The smallest absolute Gasteiger partial charge is 0.155 e. The number of aliphatic hydroxyl groups is 2. The average molecular weight is 318 g/mol. The minimum absolute atomic E-state index is 0.0761. The molecule has 0 heterocycles. The Morgan fingerprint density at radius 1 is 1.22 bits per heavy atom. The van der Waals surface area contributed by atoms with Crippen molar-refractivity contribution in [3.8, 4) is 0 Å². The summed E-state index contributed by atoms with van der Waals surface area (Å²) in [6.07, 6.45) is 8.61. The second kappa shape index (κ2) is 5.16. The van der Waals surface area contributed by atoms with Crippen LogP contribution in [0.5, 0.6) is 0 Å². The Morgan fingerprint density at radius 3 is 2.74 bits per heavy atom. The SMILES string of the molecule is CC1CC(=O)C=C2CC[C@@H]3[C@@H](CC[C@]4(C)C(O)CC[C@@H]34)[C@]21CO. The molecule has 3 heteroatoms. The number of hydrogen-bond donors (Lipinski definition) is 2. The predicted molar refractivity (Wildman–Crippen MR) is 88.7 cm³/mol. The summed E-state index contributed by atoms with van der Waals surface area (Å²) in [5.74, 6) is 2.16. The Labute approximate surface area is 139 Å². The van der Waals surface area contributed by atoms with E-state index in [-0.39, 0.29) is 35.2 Å². The lowest BCUT2D eigenvalue weighted by Gasteiger charge is -2.60. The summed E-state index contributed by atoms with van der Waals surface area (Å²) >= 11 is 0.